The summed E-state index contributed by atoms with van der Waals surface area (Å²) in [5.41, 5.74) is 7.36. The molecular formula is C12H19ClFNO. The van der Waals surface area contributed by atoms with E-state index in [0.29, 0.717) is 0 Å². The Hall–Kier alpha value is -0.640. The van der Waals surface area contributed by atoms with Crippen molar-refractivity contribution in [1.29, 1.82) is 0 Å². The Morgan fingerprint density at radius 3 is 2.44 bits per heavy atom. The van der Waals surface area contributed by atoms with Crippen molar-refractivity contribution >= 4 is 12.4 Å². The van der Waals surface area contributed by atoms with E-state index in [0.717, 1.165) is 11.1 Å². The summed E-state index contributed by atoms with van der Waals surface area (Å²) in [6.45, 7) is 5.61. The Bertz CT molecular complexity index is 355. The summed E-state index contributed by atoms with van der Waals surface area (Å²) in [7, 11) is 0. The molecule has 0 heterocycles. The third kappa shape index (κ3) is 3.17. The first-order valence-corrected chi connectivity index (χ1v) is 5.01. The lowest BCUT2D eigenvalue weighted by atomic mass is 9.80. The minimum Gasteiger partial charge on any atom is -0.396 e. The third-order valence-electron chi connectivity index (χ3n) is 2.82. The molecule has 1 aromatic rings. The van der Waals surface area contributed by atoms with Gasteiger partial charge in [-0.2, -0.15) is 0 Å². The van der Waals surface area contributed by atoms with Crippen molar-refractivity contribution in [3.8, 4) is 0 Å². The van der Waals surface area contributed by atoms with E-state index in [-0.39, 0.29) is 30.9 Å². The molecule has 0 saturated carbocycles. The molecule has 0 aliphatic heterocycles. The fraction of sp³-hybridized carbons (Fsp3) is 0.500. The lowest BCUT2D eigenvalue weighted by molar-refractivity contribution is 0.132. The zero-order valence-corrected chi connectivity index (χ0v) is 10.6. The molecule has 4 heteroatoms. The molecular weight excluding hydrogens is 229 g/mol. The zero-order valence-electron chi connectivity index (χ0n) is 9.83. The number of halogens is 2. The highest BCUT2D eigenvalue weighted by molar-refractivity contribution is 5.85. The van der Waals surface area contributed by atoms with Gasteiger partial charge in [-0.1, -0.05) is 19.9 Å². The van der Waals surface area contributed by atoms with Crippen LogP contribution in [0.15, 0.2) is 18.2 Å². The van der Waals surface area contributed by atoms with Crippen molar-refractivity contribution in [2.75, 3.05) is 6.61 Å². The molecule has 1 aromatic carbocycles. The van der Waals surface area contributed by atoms with Crippen LogP contribution in [0.3, 0.4) is 0 Å². The highest BCUT2D eigenvalue weighted by Gasteiger charge is 2.27. The van der Waals surface area contributed by atoms with Gasteiger partial charge >= 0.3 is 0 Å². The minimum absolute atomic E-state index is 0. The van der Waals surface area contributed by atoms with Gasteiger partial charge in [-0.05, 0) is 30.2 Å². The summed E-state index contributed by atoms with van der Waals surface area (Å²) in [4.78, 5) is 0. The highest BCUT2D eigenvalue weighted by Crippen LogP contribution is 2.32. The van der Waals surface area contributed by atoms with E-state index in [9.17, 15) is 9.50 Å². The molecule has 0 radical (unpaired) electrons. The van der Waals surface area contributed by atoms with Crippen molar-refractivity contribution in [3.63, 3.8) is 0 Å². The summed E-state index contributed by atoms with van der Waals surface area (Å²) < 4.78 is 12.9. The molecule has 0 bridgehead atoms. The molecule has 0 aliphatic rings. The maximum atomic E-state index is 12.9. The van der Waals surface area contributed by atoms with Crippen molar-refractivity contribution < 1.29 is 9.50 Å². The van der Waals surface area contributed by atoms with Crippen LogP contribution in [0, 0.1) is 18.2 Å². The molecule has 0 fully saturated rings. The minimum atomic E-state index is -0.400. The first-order chi connectivity index (χ1) is 6.88. The number of hydrogen-bond donors (Lipinski definition) is 2. The van der Waals surface area contributed by atoms with Crippen molar-refractivity contribution in [1.82, 2.24) is 0 Å². The SMILES string of the molecule is Cc1cc(F)ccc1[C@H](N)C(C)(C)CO.Cl. The third-order valence-corrected chi connectivity index (χ3v) is 2.82. The topological polar surface area (TPSA) is 46.2 Å². The molecule has 2 nitrogen and oxygen atoms in total. The largest absolute Gasteiger partial charge is 0.396 e. The van der Waals surface area contributed by atoms with Crippen molar-refractivity contribution in [2.45, 2.75) is 26.8 Å². The predicted octanol–water partition coefficient (Wildman–Crippen LogP) is 2.57. The standard InChI is InChI=1S/C12H18FNO.ClH/c1-8-6-9(13)4-5-10(8)11(14)12(2,3)7-15;/h4-6,11,15H,7,14H2,1-3H3;1H/t11-;/m0./s1. The van der Waals surface area contributed by atoms with Gasteiger partial charge in [-0.25, -0.2) is 4.39 Å². The lowest BCUT2D eigenvalue weighted by Crippen LogP contribution is -2.32. The smallest absolute Gasteiger partial charge is 0.123 e. The second-order valence-electron chi connectivity index (χ2n) is 4.63. The summed E-state index contributed by atoms with van der Waals surface area (Å²) >= 11 is 0. The monoisotopic (exact) mass is 247 g/mol. The Balaban J connectivity index is 0.00000225. The first kappa shape index (κ1) is 15.4. The second-order valence-corrected chi connectivity index (χ2v) is 4.63. The molecule has 0 amide bonds. The van der Waals surface area contributed by atoms with Gasteiger partial charge in [-0.15, -0.1) is 12.4 Å². The summed E-state index contributed by atoms with van der Waals surface area (Å²) in [6.07, 6.45) is 0. The van der Waals surface area contributed by atoms with Crippen molar-refractivity contribution in [3.05, 3.63) is 35.1 Å². The molecule has 16 heavy (non-hydrogen) atoms. The zero-order chi connectivity index (χ0) is 11.6. The summed E-state index contributed by atoms with van der Waals surface area (Å²) in [6, 6.07) is 4.26. The van der Waals surface area contributed by atoms with Crippen LogP contribution in [0.4, 0.5) is 4.39 Å². The van der Waals surface area contributed by atoms with E-state index in [2.05, 4.69) is 0 Å². The fourth-order valence-electron chi connectivity index (χ4n) is 1.51. The van der Waals surface area contributed by atoms with Crippen LogP contribution in [0.1, 0.15) is 31.0 Å². The van der Waals surface area contributed by atoms with E-state index in [4.69, 9.17) is 5.73 Å². The Kier molecular flexibility index (Phi) is 5.39. The number of aryl methyl sites for hydroxylation is 1. The molecule has 0 spiro atoms. The molecule has 0 aromatic heterocycles. The molecule has 1 rings (SSSR count). The number of nitrogens with two attached hydrogens (primary N) is 1. The van der Waals surface area contributed by atoms with Gasteiger partial charge in [-0.3, -0.25) is 0 Å². The van der Waals surface area contributed by atoms with Crippen molar-refractivity contribution in [2.24, 2.45) is 11.1 Å². The Morgan fingerprint density at radius 1 is 1.44 bits per heavy atom. The molecule has 92 valence electrons. The van der Waals surface area contributed by atoms with E-state index in [1.165, 1.54) is 12.1 Å². The summed E-state index contributed by atoms with van der Waals surface area (Å²) in [5.74, 6) is -0.259. The number of rotatable bonds is 3. The molecule has 0 saturated heterocycles. The number of aliphatic hydroxyl groups is 1. The second kappa shape index (κ2) is 5.62. The van der Waals surface area contributed by atoms with E-state index < -0.39 is 5.41 Å². The van der Waals surface area contributed by atoms with Gasteiger partial charge < -0.3 is 10.8 Å². The Labute approximate surface area is 102 Å². The first-order valence-electron chi connectivity index (χ1n) is 5.01. The van der Waals surface area contributed by atoms with Crippen LogP contribution < -0.4 is 5.73 Å². The molecule has 0 unspecified atom stereocenters. The van der Waals surface area contributed by atoms with Gasteiger partial charge in [0.15, 0.2) is 0 Å². The van der Waals surface area contributed by atoms with Gasteiger partial charge in [0, 0.05) is 18.1 Å². The van der Waals surface area contributed by atoms with Gasteiger partial charge in [0.1, 0.15) is 5.82 Å². The predicted molar refractivity (Wildman–Crippen MR) is 66.2 cm³/mol. The van der Waals surface area contributed by atoms with Gasteiger partial charge in [0.25, 0.3) is 0 Å². The lowest BCUT2D eigenvalue weighted by Gasteiger charge is -2.30. The normalized spacial score (nSPS) is 13.1. The Morgan fingerprint density at radius 2 is 2.00 bits per heavy atom. The maximum absolute atomic E-state index is 12.9. The van der Waals surface area contributed by atoms with Crippen LogP contribution in [0.5, 0.6) is 0 Å². The van der Waals surface area contributed by atoms with Gasteiger partial charge in [0.05, 0.1) is 0 Å². The fourth-order valence-corrected chi connectivity index (χ4v) is 1.51. The van der Waals surface area contributed by atoms with Crippen LogP contribution >= 0.6 is 12.4 Å². The molecule has 3 N–H and O–H groups in total. The van der Waals surface area contributed by atoms with Crippen LogP contribution in [0.2, 0.25) is 0 Å². The van der Waals surface area contributed by atoms with E-state index >= 15 is 0 Å². The average Bonchev–Trinajstić information content (AvgIpc) is 2.17. The number of aliphatic hydroxyl groups excluding tert-OH is 1. The quantitative estimate of drug-likeness (QED) is 0.863. The number of hydrogen-bond acceptors (Lipinski definition) is 2. The van der Waals surface area contributed by atoms with Crippen LogP contribution in [0.25, 0.3) is 0 Å². The number of benzene rings is 1. The van der Waals surface area contributed by atoms with Crippen LogP contribution in [-0.4, -0.2) is 11.7 Å². The summed E-state index contributed by atoms with van der Waals surface area (Å²) in [5, 5.41) is 9.22. The average molecular weight is 248 g/mol. The molecule has 0 aliphatic carbocycles. The molecule has 1 atom stereocenters. The van der Waals surface area contributed by atoms with E-state index in [1.54, 1.807) is 6.07 Å². The van der Waals surface area contributed by atoms with E-state index in [1.807, 2.05) is 20.8 Å². The highest BCUT2D eigenvalue weighted by atomic mass is 35.5. The maximum Gasteiger partial charge on any atom is 0.123 e. The van der Waals surface area contributed by atoms with Crippen LogP contribution in [-0.2, 0) is 0 Å². The van der Waals surface area contributed by atoms with Gasteiger partial charge in [0.2, 0.25) is 0 Å².